The van der Waals surface area contributed by atoms with Crippen LogP contribution in [0.4, 0.5) is 8.78 Å². The molecule has 0 saturated carbocycles. The van der Waals surface area contributed by atoms with E-state index in [0.29, 0.717) is 6.07 Å². The molecule has 0 aliphatic carbocycles. The van der Waals surface area contributed by atoms with Gasteiger partial charge in [0.05, 0.1) is 0 Å². The Morgan fingerprint density at radius 1 is 1.35 bits per heavy atom. The number of benzene rings is 1. The maximum absolute atomic E-state index is 13.2. The molecule has 7 heteroatoms. The third kappa shape index (κ3) is 3.57. The van der Waals surface area contributed by atoms with Crippen LogP contribution in [0.15, 0.2) is 30.9 Å². The number of aromatic nitrogens is 3. The number of rotatable bonds is 3. The average Bonchev–Trinajstić information content (AvgIpc) is 2.70. The van der Waals surface area contributed by atoms with Crippen LogP contribution in [-0.2, 0) is 6.54 Å². The van der Waals surface area contributed by atoms with E-state index < -0.39 is 17.7 Å². The SMILES string of the molecule is [Na+].[O-]C(Cn1cncn1)c1ccc(F)cc1F. The van der Waals surface area contributed by atoms with Crippen molar-refractivity contribution in [1.29, 1.82) is 0 Å². The summed E-state index contributed by atoms with van der Waals surface area (Å²) in [5.74, 6) is -1.53. The van der Waals surface area contributed by atoms with E-state index in [4.69, 9.17) is 0 Å². The molecule has 1 unspecified atom stereocenters. The predicted molar refractivity (Wildman–Crippen MR) is 49.1 cm³/mol. The Morgan fingerprint density at radius 2 is 2.12 bits per heavy atom. The van der Waals surface area contributed by atoms with Gasteiger partial charge in [0.25, 0.3) is 0 Å². The van der Waals surface area contributed by atoms with E-state index in [-0.39, 0.29) is 41.7 Å². The summed E-state index contributed by atoms with van der Waals surface area (Å²) >= 11 is 0. The van der Waals surface area contributed by atoms with Crippen molar-refractivity contribution in [3.63, 3.8) is 0 Å². The molecule has 0 fully saturated rings. The van der Waals surface area contributed by atoms with Crippen LogP contribution in [0.2, 0.25) is 0 Å². The Kier molecular flexibility index (Phi) is 5.20. The average molecular weight is 247 g/mol. The van der Waals surface area contributed by atoms with Crippen LogP contribution in [0.25, 0.3) is 0 Å². The molecule has 84 valence electrons. The summed E-state index contributed by atoms with van der Waals surface area (Å²) in [6.07, 6.45) is 1.32. The fourth-order valence-electron chi connectivity index (χ4n) is 1.36. The van der Waals surface area contributed by atoms with Crippen molar-refractivity contribution < 1.29 is 43.4 Å². The second-order valence-corrected chi connectivity index (χ2v) is 3.27. The summed E-state index contributed by atoms with van der Waals surface area (Å²) in [5, 5.41) is 15.4. The topological polar surface area (TPSA) is 53.8 Å². The van der Waals surface area contributed by atoms with E-state index in [1.165, 1.54) is 17.3 Å². The van der Waals surface area contributed by atoms with E-state index in [1.54, 1.807) is 0 Å². The Morgan fingerprint density at radius 3 is 2.71 bits per heavy atom. The Bertz CT molecular complexity index is 478. The number of nitrogens with zero attached hydrogens (tertiary/aromatic N) is 3. The van der Waals surface area contributed by atoms with Crippen LogP contribution in [0.3, 0.4) is 0 Å². The largest absolute Gasteiger partial charge is 1.00 e. The minimum Gasteiger partial charge on any atom is -0.847 e. The van der Waals surface area contributed by atoms with Crippen molar-refractivity contribution in [2.45, 2.75) is 12.6 Å². The monoisotopic (exact) mass is 247 g/mol. The molecule has 1 atom stereocenters. The zero-order chi connectivity index (χ0) is 11.5. The normalized spacial score (nSPS) is 11.9. The Hall–Kier alpha value is -0.820. The first-order chi connectivity index (χ1) is 7.66. The maximum Gasteiger partial charge on any atom is 1.00 e. The van der Waals surface area contributed by atoms with Gasteiger partial charge in [-0.2, -0.15) is 5.10 Å². The standard InChI is InChI=1S/C10H8F2N3O.Na/c11-7-1-2-8(9(12)3-7)10(16)4-15-6-13-5-14-15;/h1-3,5-6,10H,4H2;/q-1;+1. The second-order valence-electron chi connectivity index (χ2n) is 3.27. The van der Waals surface area contributed by atoms with Crippen molar-refractivity contribution in [3.8, 4) is 0 Å². The van der Waals surface area contributed by atoms with E-state index in [9.17, 15) is 13.9 Å². The van der Waals surface area contributed by atoms with E-state index in [1.807, 2.05) is 0 Å². The first-order valence-electron chi connectivity index (χ1n) is 4.60. The molecule has 0 aliphatic rings. The summed E-state index contributed by atoms with van der Waals surface area (Å²) in [6, 6.07) is 2.91. The zero-order valence-corrected chi connectivity index (χ0v) is 11.2. The molecule has 0 N–H and O–H groups in total. The zero-order valence-electron chi connectivity index (χ0n) is 9.18. The molecule has 2 rings (SSSR count). The van der Waals surface area contributed by atoms with Crippen molar-refractivity contribution in [2.75, 3.05) is 0 Å². The Balaban J connectivity index is 0.00000144. The van der Waals surface area contributed by atoms with Gasteiger partial charge in [0.15, 0.2) is 0 Å². The van der Waals surface area contributed by atoms with Crippen LogP contribution in [-0.4, -0.2) is 14.8 Å². The van der Waals surface area contributed by atoms with Crippen molar-refractivity contribution in [3.05, 3.63) is 48.1 Å². The number of hydrogen-bond donors (Lipinski definition) is 0. The molecule has 1 aromatic heterocycles. The van der Waals surface area contributed by atoms with E-state index in [2.05, 4.69) is 10.1 Å². The predicted octanol–water partition coefficient (Wildman–Crippen LogP) is -2.34. The summed E-state index contributed by atoms with van der Waals surface area (Å²) in [6.45, 7) is -0.0391. The fourth-order valence-corrected chi connectivity index (χ4v) is 1.36. The van der Waals surface area contributed by atoms with Gasteiger partial charge in [0.1, 0.15) is 24.3 Å². The summed E-state index contributed by atoms with van der Waals surface area (Å²) in [7, 11) is 0. The molecule has 0 saturated heterocycles. The van der Waals surface area contributed by atoms with Crippen LogP contribution >= 0.6 is 0 Å². The maximum atomic E-state index is 13.2. The summed E-state index contributed by atoms with van der Waals surface area (Å²) < 4.78 is 27.2. The number of halogens is 2. The second kappa shape index (κ2) is 6.20. The first kappa shape index (κ1) is 14.2. The third-order valence-corrected chi connectivity index (χ3v) is 2.13. The molecule has 2 aromatic rings. The van der Waals surface area contributed by atoms with Gasteiger partial charge in [-0.1, -0.05) is 12.2 Å². The van der Waals surface area contributed by atoms with Crippen molar-refractivity contribution in [2.24, 2.45) is 0 Å². The number of hydrogen-bond acceptors (Lipinski definition) is 3. The summed E-state index contributed by atoms with van der Waals surface area (Å²) in [5.41, 5.74) is -0.0723. The smallest absolute Gasteiger partial charge is 0.847 e. The quantitative estimate of drug-likeness (QED) is 0.571. The van der Waals surface area contributed by atoms with Gasteiger partial charge < -0.3 is 5.11 Å². The van der Waals surface area contributed by atoms with Gasteiger partial charge in [-0.15, -0.1) is 0 Å². The molecule has 0 amide bonds. The van der Waals surface area contributed by atoms with Gasteiger partial charge >= 0.3 is 29.6 Å². The van der Waals surface area contributed by atoms with Crippen LogP contribution in [0, 0.1) is 11.6 Å². The van der Waals surface area contributed by atoms with Crippen LogP contribution < -0.4 is 34.7 Å². The molecule has 0 bridgehead atoms. The molecule has 1 heterocycles. The molecular formula is C10H8F2N3NaO. The molecule has 0 radical (unpaired) electrons. The molecule has 0 aliphatic heterocycles. The minimum atomic E-state index is -1.33. The fraction of sp³-hybridized carbons (Fsp3) is 0.200. The first-order valence-corrected chi connectivity index (χ1v) is 4.60. The summed E-state index contributed by atoms with van der Waals surface area (Å²) in [4.78, 5) is 3.66. The van der Waals surface area contributed by atoms with Crippen LogP contribution in [0.5, 0.6) is 0 Å². The van der Waals surface area contributed by atoms with Crippen molar-refractivity contribution >= 4 is 0 Å². The van der Waals surface area contributed by atoms with Gasteiger partial charge in [-0.05, 0) is 11.6 Å². The van der Waals surface area contributed by atoms with Gasteiger partial charge in [0, 0.05) is 12.6 Å². The van der Waals surface area contributed by atoms with E-state index >= 15 is 0 Å². The van der Waals surface area contributed by atoms with E-state index in [0.717, 1.165) is 12.1 Å². The molecule has 4 nitrogen and oxygen atoms in total. The van der Waals surface area contributed by atoms with Crippen LogP contribution in [0.1, 0.15) is 11.7 Å². The molecule has 0 spiro atoms. The van der Waals surface area contributed by atoms with Gasteiger partial charge in [-0.25, -0.2) is 13.8 Å². The van der Waals surface area contributed by atoms with Gasteiger partial charge in [0.2, 0.25) is 0 Å². The Labute approximate surface area is 119 Å². The molecule has 1 aromatic carbocycles. The minimum absolute atomic E-state index is 0. The van der Waals surface area contributed by atoms with Crippen molar-refractivity contribution in [1.82, 2.24) is 14.8 Å². The molecule has 17 heavy (non-hydrogen) atoms. The third-order valence-electron chi connectivity index (χ3n) is 2.13. The van der Waals surface area contributed by atoms with Gasteiger partial charge in [-0.3, -0.25) is 4.68 Å². The molecular weight excluding hydrogens is 239 g/mol.